The number of anilines is 1. The minimum Gasteiger partial charge on any atom is -0.494 e. The van der Waals surface area contributed by atoms with Crippen LogP contribution in [-0.4, -0.2) is 52.1 Å². The van der Waals surface area contributed by atoms with Gasteiger partial charge in [0.05, 0.1) is 36.7 Å². The molecule has 2 N–H and O–H groups in total. The summed E-state index contributed by atoms with van der Waals surface area (Å²) in [6, 6.07) is 17.3. The highest BCUT2D eigenvalue weighted by atomic mass is 35.5. The summed E-state index contributed by atoms with van der Waals surface area (Å²) in [5, 5.41) is 17.5. The lowest BCUT2D eigenvalue weighted by atomic mass is 10.0. The quantitative estimate of drug-likeness (QED) is 0.0662. The smallest absolute Gasteiger partial charge is 0.256 e. The Bertz CT molecular complexity index is 1970. The number of benzene rings is 2. The molecule has 14 heteroatoms. The third-order valence-corrected chi connectivity index (χ3v) is 8.55. The SMILES string of the molecule is COc1ccc(C(=O)Nc2cc(Cl)cnc2Cl)c2cccnc12.COc1ccc(C(Cc2cc(Cl)nc(Cl)c2)=NO)cc1OC1CCCC1. The molecule has 0 bridgehead atoms. The van der Waals surface area contributed by atoms with Crippen molar-refractivity contribution >= 4 is 74.6 Å². The van der Waals surface area contributed by atoms with Gasteiger partial charge in [-0.1, -0.05) is 57.6 Å². The van der Waals surface area contributed by atoms with Crippen molar-refractivity contribution in [3.63, 3.8) is 0 Å². The van der Waals surface area contributed by atoms with Crippen molar-refractivity contribution in [1.29, 1.82) is 0 Å². The van der Waals surface area contributed by atoms with E-state index in [4.69, 9.17) is 60.6 Å². The average molecular weight is 743 g/mol. The molecule has 254 valence electrons. The third-order valence-electron chi connectivity index (χ3n) is 7.66. The lowest BCUT2D eigenvalue weighted by Gasteiger charge is -2.17. The molecule has 5 aromatic rings. The Hall–Kier alpha value is -4.35. The molecule has 3 heterocycles. The van der Waals surface area contributed by atoms with Crippen LogP contribution in [0.4, 0.5) is 5.69 Å². The van der Waals surface area contributed by atoms with Crippen LogP contribution in [0.15, 0.2) is 78.2 Å². The zero-order valence-electron chi connectivity index (χ0n) is 26.4. The number of hydrogen-bond donors (Lipinski definition) is 2. The van der Waals surface area contributed by atoms with E-state index < -0.39 is 0 Å². The van der Waals surface area contributed by atoms with Crippen LogP contribution < -0.4 is 19.5 Å². The molecule has 10 nitrogen and oxygen atoms in total. The standard InChI is InChI=1S/C19H20Cl2N2O3.C16H11Cl2N3O2/c1-25-16-7-6-13(11-17(16)26-14-4-2-3-5-14)15(23-24)8-12-9-18(20)22-19(21)10-12;1-23-13-5-4-11(10-3-2-6-19-14(10)13)16(22)21-12-7-9(17)8-20-15(12)18/h6-7,9-11,14,24H,2-5,8H2,1H3;2-8H,1H3,(H,21,22). The second-order valence-electron chi connectivity index (χ2n) is 10.9. The molecule has 1 aliphatic carbocycles. The van der Waals surface area contributed by atoms with Gasteiger partial charge in [-0.05, 0) is 85.8 Å². The van der Waals surface area contributed by atoms with Crippen molar-refractivity contribution < 1.29 is 24.2 Å². The summed E-state index contributed by atoms with van der Waals surface area (Å²) >= 11 is 23.8. The van der Waals surface area contributed by atoms with E-state index in [2.05, 4.69) is 25.4 Å². The predicted molar refractivity (Wildman–Crippen MR) is 193 cm³/mol. The third kappa shape index (κ3) is 9.21. The molecule has 1 fully saturated rings. The van der Waals surface area contributed by atoms with Gasteiger partial charge in [0.25, 0.3) is 5.91 Å². The fraction of sp³-hybridized carbons (Fsp3) is 0.229. The van der Waals surface area contributed by atoms with Gasteiger partial charge in [-0.2, -0.15) is 0 Å². The van der Waals surface area contributed by atoms with Gasteiger partial charge in [0.1, 0.15) is 21.6 Å². The number of aromatic nitrogens is 3. The van der Waals surface area contributed by atoms with Crippen molar-refractivity contribution in [2.75, 3.05) is 19.5 Å². The molecule has 0 atom stereocenters. The van der Waals surface area contributed by atoms with Gasteiger partial charge in [-0.15, -0.1) is 0 Å². The Balaban J connectivity index is 0.000000192. The molecule has 1 saturated carbocycles. The Morgan fingerprint density at radius 2 is 1.63 bits per heavy atom. The number of oxime groups is 1. The summed E-state index contributed by atoms with van der Waals surface area (Å²) in [5.41, 5.74) is 3.42. The lowest BCUT2D eigenvalue weighted by Crippen LogP contribution is -2.13. The number of pyridine rings is 3. The first-order valence-corrected chi connectivity index (χ1v) is 16.6. The van der Waals surface area contributed by atoms with E-state index in [1.54, 1.807) is 62.9 Å². The predicted octanol–water partition coefficient (Wildman–Crippen LogP) is 9.34. The minimum absolute atomic E-state index is 0.165. The lowest BCUT2D eigenvalue weighted by molar-refractivity contribution is 0.102. The van der Waals surface area contributed by atoms with E-state index in [1.807, 2.05) is 18.2 Å². The molecule has 0 unspecified atom stereocenters. The summed E-state index contributed by atoms with van der Waals surface area (Å²) in [6.07, 6.45) is 8.06. The van der Waals surface area contributed by atoms with Crippen molar-refractivity contribution in [2.45, 2.75) is 38.2 Å². The number of nitrogens with one attached hydrogen (secondary N) is 1. The van der Waals surface area contributed by atoms with Crippen LogP contribution in [0.25, 0.3) is 10.9 Å². The van der Waals surface area contributed by atoms with Gasteiger partial charge in [-0.3, -0.25) is 9.78 Å². The first-order valence-electron chi connectivity index (χ1n) is 15.1. The molecule has 6 rings (SSSR count). The number of halogens is 4. The topological polar surface area (TPSA) is 128 Å². The highest BCUT2D eigenvalue weighted by Gasteiger charge is 2.20. The van der Waals surface area contributed by atoms with E-state index >= 15 is 0 Å². The zero-order chi connectivity index (χ0) is 34.9. The van der Waals surface area contributed by atoms with Crippen molar-refractivity contribution in [1.82, 2.24) is 15.0 Å². The largest absolute Gasteiger partial charge is 0.494 e. The van der Waals surface area contributed by atoms with Gasteiger partial charge in [0, 0.05) is 35.3 Å². The number of methoxy groups -OCH3 is 2. The molecule has 2 aromatic carbocycles. The molecule has 3 aromatic heterocycles. The number of rotatable bonds is 9. The van der Waals surface area contributed by atoms with Crippen LogP contribution in [0.2, 0.25) is 20.5 Å². The van der Waals surface area contributed by atoms with Gasteiger partial charge < -0.3 is 24.7 Å². The summed E-state index contributed by atoms with van der Waals surface area (Å²) in [4.78, 5) is 24.7. The average Bonchev–Trinajstić information content (AvgIpc) is 3.61. The van der Waals surface area contributed by atoms with E-state index in [0.717, 1.165) is 24.0 Å². The minimum atomic E-state index is -0.336. The molecule has 0 radical (unpaired) electrons. The number of hydrogen-bond acceptors (Lipinski definition) is 9. The first kappa shape index (κ1) is 35.9. The monoisotopic (exact) mass is 741 g/mol. The summed E-state index contributed by atoms with van der Waals surface area (Å²) in [5.74, 6) is 1.58. The van der Waals surface area contributed by atoms with Crippen molar-refractivity contribution in [2.24, 2.45) is 5.16 Å². The molecular formula is C35H31Cl4N5O5. The number of amides is 1. The zero-order valence-corrected chi connectivity index (χ0v) is 29.4. The van der Waals surface area contributed by atoms with Gasteiger partial charge in [0.2, 0.25) is 0 Å². The van der Waals surface area contributed by atoms with Crippen LogP contribution in [-0.2, 0) is 6.42 Å². The Morgan fingerprint density at radius 3 is 2.33 bits per heavy atom. The van der Waals surface area contributed by atoms with Crippen molar-refractivity contribution in [3.05, 3.63) is 110 Å². The van der Waals surface area contributed by atoms with E-state index in [0.29, 0.717) is 66.9 Å². The number of carbonyl (C=O) groups is 1. The van der Waals surface area contributed by atoms with Crippen LogP contribution in [0.5, 0.6) is 17.2 Å². The second-order valence-corrected chi connectivity index (χ2v) is 12.5. The fourth-order valence-electron chi connectivity index (χ4n) is 5.35. The Morgan fingerprint density at radius 1 is 0.918 bits per heavy atom. The van der Waals surface area contributed by atoms with E-state index in [9.17, 15) is 10.0 Å². The van der Waals surface area contributed by atoms with E-state index in [-0.39, 0.29) is 17.2 Å². The van der Waals surface area contributed by atoms with Crippen molar-refractivity contribution in [3.8, 4) is 17.2 Å². The summed E-state index contributed by atoms with van der Waals surface area (Å²) in [6.45, 7) is 0. The molecule has 0 saturated heterocycles. The number of carbonyl (C=O) groups excluding carboxylic acids is 1. The van der Waals surface area contributed by atoms with Crippen LogP contribution in [0.3, 0.4) is 0 Å². The highest BCUT2D eigenvalue weighted by Crippen LogP contribution is 2.33. The van der Waals surface area contributed by atoms with Crippen LogP contribution in [0.1, 0.15) is 47.2 Å². The van der Waals surface area contributed by atoms with E-state index in [1.165, 1.54) is 19.0 Å². The Labute approximate surface area is 303 Å². The second kappa shape index (κ2) is 16.8. The van der Waals surface area contributed by atoms with Gasteiger partial charge >= 0.3 is 0 Å². The number of nitrogens with zero attached hydrogens (tertiary/aromatic N) is 4. The highest BCUT2D eigenvalue weighted by molar-refractivity contribution is 6.35. The van der Waals surface area contributed by atoms with Crippen LogP contribution in [0, 0.1) is 0 Å². The van der Waals surface area contributed by atoms with Gasteiger partial charge in [-0.25, -0.2) is 9.97 Å². The number of ether oxygens (including phenoxy) is 3. The molecule has 49 heavy (non-hydrogen) atoms. The molecule has 0 spiro atoms. The normalized spacial score (nSPS) is 13.1. The number of fused-ring (bicyclic) bond motifs is 1. The molecular weight excluding hydrogens is 712 g/mol. The summed E-state index contributed by atoms with van der Waals surface area (Å²) < 4.78 is 16.8. The summed E-state index contributed by atoms with van der Waals surface area (Å²) in [7, 11) is 3.17. The van der Waals surface area contributed by atoms with Gasteiger partial charge in [0.15, 0.2) is 16.7 Å². The maximum absolute atomic E-state index is 12.6. The maximum Gasteiger partial charge on any atom is 0.256 e. The molecule has 1 amide bonds. The molecule has 0 aliphatic heterocycles. The first-order chi connectivity index (χ1) is 23.7. The molecule has 1 aliphatic rings. The van der Waals surface area contributed by atoms with Crippen LogP contribution >= 0.6 is 46.4 Å². The fourth-order valence-corrected chi connectivity index (χ4v) is 6.16. The Kier molecular flexibility index (Phi) is 12.4. The maximum atomic E-state index is 12.6.